The number of quaternary nitrogens is 1. The first-order valence-electron chi connectivity index (χ1n) is 16.6. The highest BCUT2D eigenvalue weighted by Gasteiger charge is 2.41. The number of hydrogen-bond acceptors (Lipinski definition) is 8. The highest BCUT2D eigenvalue weighted by Crippen LogP contribution is 2.28. The van der Waals surface area contributed by atoms with Crippen molar-refractivity contribution >= 4 is 33.7 Å². The first-order valence-corrected chi connectivity index (χ1v) is 18.0. The van der Waals surface area contributed by atoms with E-state index >= 15 is 0 Å². The number of carboxylic acids is 1. The number of aromatic hydroxyl groups is 1. The van der Waals surface area contributed by atoms with E-state index in [1.165, 1.54) is 65.6 Å². The Labute approximate surface area is 313 Å². The van der Waals surface area contributed by atoms with E-state index in [0.717, 1.165) is 30.7 Å². The number of urea groups is 1. The van der Waals surface area contributed by atoms with Gasteiger partial charge in [0.25, 0.3) is 0 Å². The number of phenolic OH excluding ortho intramolecular Hbond substituents is 1. The van der Waals surface area contributed by atoms with E-state index in [4.69, 9.17) is 19.8 Å². The van der Waals surface area contributed by atoms with Gasteiger partial charge in [-0.15, -0.1) is 0 Å². The van der Waals surface area contributed by atoms with Gasteiger partial charge in [-0.05, 0) is 85.1 Å². The van der Waals surface area contributed by atoms with Gasteiger partial charge in [0.2, 0.25) is 5.91 Å². The molecule has 4 aromatic carbocycles. The van der Waals surface area contributed by atoms with Crippen LogP contribution in [0.1, 0.15) is 24.0 Å². The Hall–Kier alpha value is -5.75. The van der Waals surface area contributed by atoms with Crippen LogP contribution in [0, 0.1) is 11.6 Å². The van der Waals surface area contributed by atoms with Crippen LogP contribution in [0.15, 0.2) is 102 Å². The fourth-order valence-corrected chi connectivity index (χ4v) is 7.10. The largest absolute Gasteiger partial charge is 0.542 e. The average molecular weight is 793 g/mol. The number of nitrogens with two attached hydrogens (primary N) is 1. The number of benzene rings is 4. The minimum atomic E-state index is -5.19. The lowest BCUT2D eigenvalue weighted by Crippen LogP contribution is -2.62. The average Bonchev–Trinajstić information content (AvgIpc) is 3.10. The Bertz CT molecular complexity index is 2070. The van der Waals surface area contributed by atoms with E-state index in [9.17, 15) is 45.1 Å². The summed E-state index contributed by atoms with van der Waals surface area (Å²) in [4.78, 5) is 37.0. The Morgan fingerprint density at radius 1 is 0.964 bits per heavy atom. The second-order valence-electron chi connectivity index (χ2n) is 13.0. The number of piperidine rings is 1. The molecule has 0 spiro atoms. The molecule has 1 heterocycles. The van der Waals surface area contributed by atoms with Gasteiger partial charge in [-0.3, -0.25) is 4.79 Å². The smallest absolute Gasteiger partial charge is 0.430 e. The molecule has 3 amide bonds. The predicted molar refractivity (Wildman–Crippen MR) is 186 cm³/mol. The molecule has 0 aliphatic carbocycles. The number of likely N-dealkylation sites (tertiary alicyclic amines) is 1. The molecule has 0 saturated carbocycles. The number of anilines is 1. The van der Waals surface area contributed by atoms with E-state index in [0.29, 0.717) is 35.2 Å². The number of aliphatic carboxylic acids is 1. The molecule has 5 rings (SSSR count). The van der Waals surface area contributed by atoms with E-state index in [-0.39, 0.29) is 28.6 Å². The summed E-state index contributed by atoms with van der Waals surface area (Å²) < 4.78 is 89.7. The Morgan fingerprint density at radius 2 is 1.56 bits per heavy atom. The van der Waals surface area contributed by atoms with Crippen molar-refractivity contribution in [1.82, 2.24) is 4.90 Å². The molecular weight excluding hydrogens is 755 g/mol. The summed E-state index contributed by atoms with van der Waals surface area (Å²) in [6.07, 6.45) is -3.73. The van der Waals surface area contributed by atoms with Gasteiger partial charge < -0.3 is 39.6 Å². The van der Waals surface area contributed by atoms with E-state index in [1.807, 2.05) is 0 Å². The van der Waals surface area contributed by atoms with Crippen molar-refractivity contribution in [3.05, 3.63) is 120 Å². The Morgan fingerprint density at radius 3 is 2.13 bits per heavy atom. The number of hydrogen-bond donors (Lipinski definition) is 3. The number of likely N-dealkylation sites (N-methyl/N-ethyl adjacent to an activating group) is 1. The topological polar surface area (TPSA) is 179 Å². The standard InChI is InChI=1S/C35H36F2N4O6S.C2HF3O2/c1-41(22-25-7-11-26(36)12-8-25)19-3-5-29(23-41)40(33(34(38)43)20-24-9-15-30(42)16-10-24)35(44)39-28-13-17-31(18-14-28)47-48(45,46)32-6-2-4-27(37)21-32;3-2(4,5)1(6)7/h2,4,6-18,21,29,33H,3,5,19-20,22-23H2,1H3,(H3-,38,39,42,43,44);(H,6,7)/t29-,33-,41?;/m0./s1. The molecule has 1 saturated heterocycles. The van der Waals surface area contributed by atoms with Gasteiger partial charge in [-0.25, -0.2) is 13.6 Å². The van der Waals surface area contributed by atoms with Gasteiger partial charge in [0, 0.05) is 17.7 Å². The van der Waals surface area contributed by atoms with Crippen molar-refractivity contribution in [1.29, 1.82) is 0 Å². The number of rotatable bonds is 11. The molecule has 12 nitrogen and oxygen atoms in total. The van der Waals surface area contributed by atoms with Crippen LogP contribution in [0.2, 0.25) is 0 Å². The molecular formula is C37H37F5N4O8S. The third-order valence-corrected chi connectivity index (χ3v) is 9.89. The van der Waals surface area contributed by atoms with Gasteiger partial charge in [-0.1, -0.05) is 30.3 Å². The van der Waals surface area contributed by atoms with Crippen LogP contribution in [0.5, 0.6) is 11.5 Å². The van der Waals surface area contributed by atoms with Gasteiger partial charge in [0.1, 0.15) is 46.6 Å². The number of alkyl halides is 3. The number of nitrogens with zero attached hydrogens (tertiary/aromatic N) is 2. The van der Waals surface area contributed by atoms with Crippen LogP contribution in [0.3, 0.4) is 0 Å². The number of carbonyl (C=O) groups is 3. The zero-order valence-corrected chi connectivity index (χ0v) is 30.0. The van der Waals surface area contributed by atoms with Crippen LogP contribution in [-0.4, -0.2) is 79.2 Å². The highest BCUT2D eigenvalue weighted by atomic mass is 32.2. The maximum Gasteiger partial charge on any atom is 0.430 e. The Kier molecular flexibility index (Phi) is 13.4. The van der Waals surface area contributed by atoms with E-state index < -0.39 is 52.1 Å². The number of carbonyl (C=O) groups excluding carboxylic acids is 3. The molecule has 4 aromatic rings. The fourth-order valence-electron chi connectivity index (χ4n) is 6.13. The van der Waals surface area contributed by atoms with Crippen molar-refractivity contribution in [3.8, 4) is 11.5 Å². The number of primary amides is 1. The predicted octanol–water partition coefficient (Wildman–Crippen LogP) is 4.48. The fraction of sp³-hybridized carbons (Fsp3) is 0.270. The van der Waals surface area contributed by atoms with Crippen LogP contribution >= 0.6 is 0 Å². The van der Waals surface area contributed by atoms with Crippen LogP contribution < -0.4 is 20.3 Å². The van der Waals surface area contributed by atoms with Crippen LogP contribution in [0.4, 0.5) is 32.4 Å². The molecule has 0 radical (unpaired) electrons. The van der Waals surface area contributed by atoms with E-state index in [1.54, 1.807) is 24.3 Å². The molecule has 1 aliphatic rings. The number of nitrogens with one attached hydrogen (secondary N) is 1. The minimum absolute atomic E-state index is 0.0567. The molecule has 4 N–H and O–H groups in total. The van der Waals surface area contributed by atoms with Crippen LogP contribution in [0.25, 0.3) is 0 Å². The second kappa shape index (κ2) is 17.6. The van der Waals surface area contributed by atoms with Gasteiger partial charge in [0.15, 0.2) is 0 Å². The van der Waals surface area contributed by atoms with Gasteiger partial charge in [-0.2, -0.15) is 21.6 Å². The maximum atomic E-state index is 14.1. The molecule has 1 aliphatic heterocycles. The lowest BCUT2D eigenvalue weighted by Gasteiger charge is -2.46. The summed E-state index contributed by atoms with van der Waals surface area (Å²) in [6.45, 7) is 1.89. The second-order valence-corrected chi connectivity index (χ2v) is 14.6. The first-order chi connectivity index (χ1) is 25.7. The first kappa shape index (κ1) is 42.0. The summed E-state index contributed by atoms with van der Waals surface area (Å²) in [5.74, 6) is -4.77. The third-order valence-electron chi connectivity index (χ3n) is 8.65. The molecule has 18 heteroatoms. The van der Waals surface area contributed by atoms with Gasteiger partial charge in [0.05, 0.1) is 26.2 Å². The highest BCUT2D eigenvalue weighted by molar-refractivity contribution is 7.87. The zero-order valence-electron chi connectivity index (χ0n) is 29.2. The number of phenols is 1. The lowest BCUT2D eigenvalue weighted by atomic mass is 9.96. The molecule has 1 fully saturated rings. The monoisotopic (exact) mass is 792 g/mol. The van der Waals surface area contributed by atoms with E-state index in [2.05, 4.69) is 12.4 Å². The number of amides is 3. The van der Waals surface area contributed by atoms with Crippen LogP contribution in [-0.2, 0) is 32.7 Å². The van der Waals surface area contributed by atoms with Gasteiger partial charge >= 0.3 is 22.3 Å². The van der Waals surface area contributed by atoms with Crippen molar-refractivity contribution in [3.63, 3.8) is 0 Å². The molecule has 1 unspecified atom stereocenters. The normalized spacial score (nSPS) is 17.5. The lowest BCUT2D eigenvalue weighted by molar-refractivity contribution is -0.928. The molecule has 294 valence electrons. The molecule has 0 aromatic heterocycles. The Balaban J connectivity index is 0.000000876. The molecule has 55 heavy (non-hydrogen) atoms. The SMILES string of the molecule is C[N+]1(Cc2ccc(F)cc2)CCC[C@H](N(C(=O)Nc2ccc(OS(=O)(=O)c3cccc(F)c3)cc2)[C@@H](Cc2ccc(O)cc2)C(N)=O)C1.O=C([O-])C(F)(F)F. The summed E-state index contributed by atoms with van der Waals surface area (Å²) in [5.41, 5.74) is 7.87. The van der Waals surface area contributed by atoms with Crippen molar-refractivity contribution in [2.24, 2.45) is 5.73 Å². The quantitative estimate of drug-likeness (QED) is 0.113. The number of halogens is 5. The van der Waals surface area contributed by atoms with Crippen molar-refractivity contribution in [2.45, 2.75) is 49.0 Å². The number of carboxylic acid groups (broad SMARTS) is 1. The molecule has 0 bridgehead atoms. The minimum Gasteiger partial charge on any atom is -0.542 e. The zero-order chi connectivity index (χ0) is 40.6. The summed E-state index contributed by atoms with van der Waals surface area (Å²) >= 11 is 0. The maximum absolute atomic E-state index is 14.1. The molecule has 3 atom stereocenters. The summed E-state index contributed by atoms with van der Waals surface area (Å²) in [5, 5.41) is 21.4. The summed E-state index contributed by atoms with van der Waals surface area (Å²) in [7, 11) is -2.25. The summed E-state index contributed by atoms with van der Waals surface area (Å²) in [6, 6.07) is 20.6. The van der Waals surface area contributed by atoms with Crippen molar-refractivity contribution in [2.75, 3.05) is 25.5 Å². The third kappa shape index (κ3) is 12.1. The van der Waals surface area contributed by atoms with Crippen molar-refractivity contribution < 1.29 is 63.6 Å².